The number of nitrogens with zero attached hydrogens (tertiary/aromatic N) is 1. The van der Waals surface area contributed by atoms with Crippen molar-refractivity contribution in [3.63, 3.8) is 0 Å². The highest BCUT2D eigenvalue weighted by Crippen LogP contribution is 2.22. The molecule has 1 aliphatic rings. The second-order valence-corrected chi connectivity index (χ2v) is 5.90. The first-order valence-corrected chi connectivity index (χ1v) is 7.80. The van der Waals surface area contributed by atoms with Crippen LogP contribution in [-0.2, 0) is 0 Å². The largest absolute Gasteiger partial charge is 0.303 e. The Hall–Kier alpha value is -1.29. The second-order valence-electron chi connectivity index (χ2n) is 5.90. The summed E-state index contributed by atoms with van der Waals surface area (Å²) in [4.78, 5) is 14.3. The molecule has 1 heterocycles. The maximum absolute atomic E-state index is 13.1. The van der Waals surface area contributed by atoms with Crippen LogP contribution < -0.4 is 0 Å². The average molecular weight is 295 g/mol. The van der Waals surface area contributed by atoms with Gasteiger partial charge in [0, 0.05) is 24.6 Å². The molecule has 0 unspecified atom stereocenters. The predicted octanol–water partition coefficient (Wildman–Crippen LogP) is 4.05. The molecule has 21 heavy (non-hydrogen) atoms. The van der Waals surface area contributed by atoms with Crippen LogP contribution in [0.15, 0.2) is 18.2 Å². The van der Waals surface area contributed by atoms with Crippen molar-refractivity contribution in [2.45, 2.75) is 39.0 Å². The molecule has 4 heteroatoms. The molecule has 0 aromatic heterocycles. The Labute approximate surface area is 125 Å². The summed E-state index contributed by atoms with van der Waals surface area (Å²) in [5.41, 5.74) is 0.133. The SMILES string of the molecule is CCCC1CCN(CCC(=O)c2cc(F)cc(F)c2)CC1. The molecule has 0 bridgehead atoms. The van der Waals surface area contributed by atoms with Gasteiger partial charge in [0.25, 0.3) is 0 Å². The van der Waals surface area contributed by atoms with E-state index in [4.69, 9.17) is 0 Å². The summed E-state index contributed by atoms with van der Waals surface area (Å²) in [5, 5.41) is 0. The molecule has 0 radical (unpaired) electrons. The lowest BCUT2D eigenvalue weighted by atomic mass is 9.92. The molecule has 0 aliphatic carbocycles. The van der Waals surface area contributed by atoms with Crippen LogP contribution in [0.3, 0.4) is 0 Å². The van der Waals surface area contributed by atoms with Gasteiger partial charge in [0.2, 0.25) is 0 Å². The molecule has 0 amide bonds. The highest BCUT2D eigenvalue weighted by Gasteiger charge is 2.19. The Morgan fingerprint density at radius 3 is 2.38 bits per heavy atom. The quantitative estimate of drug-likeness (QED) is 0.738. The van der Waals surface area contributed by atoms with E-state index in [2.05, 4.69) is 11.8 Å². The Morgan fingerprint density at radius 1 is 1.19 bits per heavy atom. The van der Waals surface area contributed by atoms with E-state index < -0.39 is 11.6 Å². The Morgan fingerprint density at radius 2 is 1.81 bits per heavy atom. The zero-order valence-electron chi connectivity index (χ0n) is 12.6. The minimum atomic E-state index is -0.696. The van der Waals surface area contributed by atoms with Crippen LogP contribution in [-0.4, -0.2) is 30.3 Å². The molecule has 1 aliphatic heterocycles. The molecule has 0 spiro atoms. The van der Waals surface area contributed by atoms with E-state index >= 15 is 0 Å². The number of carbonyl (C=O) groups excluding carboxylic acids is 1. The van der Waals surface area contributed by atoms with Crippen LogP contribution in [0.25, 0.3) is 0 Å². The zero-order valence-corrected chi connectivity index (χ0v) is 12.6. The van der Waals surface area contributed by atoms with E-state index in [1.807, 2.05) is 0 Å². The fourth-order valence-corrected chi connectivity index (χ4v) is 3.03. The zero-order chi connectivity index (χ0) is 15.2. The second kappa shape index (κ2) is 7.64. The van der Waals surface area contributed by atoms with Crippen LogP contribution >= 0.6 is 0 Å². The first kappa shape index (κ1) is 16.1. The number of Topliss-reactive ketones (excluding diaryl/α,β-unsaturated/α-hetero) is 1. The van der Waals surface area contributed by atoms with Gasteiger partial charge in [-0.05, 0) is 44.0 Å². The lowest BCUT2D eigenvalue weighted by molar-refractivity contribution is 0.0949. The predicted molar refractivity (Wildman–Crippen MR) is 79.4 cm³/mol. The third-order valence-electron chi connectivity index (χ3n) is 4.24. The van der Waals surface area contributed by atoms with E-state index in [1.165, 1.54) is 25.7 Å². The maximum atomic E-state index is 13.1. The molecule has 2 rings (SSSR count). The van der Waals surface area contributed by atoms with E-state index in [-0.39, 0.29) is 11.3 Å². The average Bonchev–Trinajstić information content (AvgIpc) is 2.45. The number of carbonyl (C=O) groups is 1. The fraction of sp³-hybridized carbons (Fsp3) is 0.588. The van der Waals surface area contributed by atoms with Crippen molar-refractivity contribution in [1.82, 2.24) is 4.90 Å². The van der Waals surface area contributed by atoms with Crippen molar-refractivity contribution in [3.05, 3.63) is 35.4 Å². The van der Waals surface area contributed by atoms with Gasteiger partial charge in [-0.15, -0.1) is 0 Å². The van der Waals surface area contributed by atoms with Crippen LogP contribution in [0.1, 0.15) is 49.4 Å². The highest BCUT2D eigenvalue weighted by atomic mass is 19.1. The molecule has 116 valence electrons. The molecule has 1 fully saturated rings. The minimum Gasteiger partial charge on any atom is -0.303 e. The van der Waals surface area contributed by atoms with Crippen molar-refractivity contribution in [3.8, 4) is 0 Å². The van der Waals surface area contributed by atoms with Gasteiger partial charge in [-0.25, -0.2) is 8.78 Å². The third-order valence-corrected chi connectivity index (χ3v) is 4.24. The molecule has 1 aromatic carbocycles. The lowest BCUT2D eigenvalue weighted by Gasteiger charge is -2.31. The van der Waals surface area contributed by atoms with Crippen LogP contribution in [0, 0.1) is 17.6 Å². The van der Waals surface area contributed by atoms with Crippen molar-refractivity contribution >= 4 is 5.78 Å². The Bertz CT molecular complexity index is 461. The van der Waals surface area contributed by atoms with E-state index in [1.54, 1.807) is 0 Å². The fourth-order valence-electron chi connectivity index (χ4n) is 3.03. The number of benzene rings is 1. The summed E-state index contributed by atoms with van der Waals surface area (Å²) in [6.07, 6.45) is 5.22. The van der Waals surface area contributed by atoms with Gasteiger partial charge < -0.3 is 4.90 Å². The third kappa shape index (κ3) is 4.88. The summed E-state index contributed by atoms with van der Waals surface area (Å²) in [7, 11) is 0. The monoisotopic (exact) mass is 295 g/mol. The molecular formula is C17H23F2NO. The molecule has 0 atom stereocenters. The van der Waals surface area contributed by atoms with E-state index in [0.29, 0.717) is 13.0 Å². The lowest BCUT2D eigenvalue weighted by Crippen LogP contribution is -2.35. The van der Waals surface area contributed by atoms with Crippen LogP contribution in [0.5, 0.6) is 0 Å². The summed E-state index contributed by atoms with van der Waals surface area (Å²) in [6.45, 7) is 4.93. The molecule has 0 N–H and O–H groups in total. The van der Waals surface area contributed by atoms with Crippen molar-refractivity contribution < 1.29 is 13.6 Å². The van der Waals surface area contributed by atoms with Gasteiger partial charge in [0.1, 0.15) is 11.6 Å². The molecule has 1 aromatic rings. The summed E-state index contributed by atoms with van der Waals surface area (Å²) in [6, 6.07) is 3.01. The van der Waals surface area contributed by atoms with Gasteiger partial charge in [-0.3, -0.25) is 4.79 Å². The number of halogens is 2. The molecule has 0 saturated carbocycles. The summed E-state index contributed by atoms with van der Waals surface area (Å²) < 4.78 is 26.2. The van der Waals surface area contributed by atoms with Gasteiger partial charge in [-0.1, -0.05) is 19.8 Å². The van der Waals surface area contributed by atoms with Gasteiger partial charge >= 0.3 is 0 Å². The van der Waals surface area contributed by atoms with E-state index in [9.17, 15) is 13.6 Å². The number of likely N-dealkylation sites (tertiary alicyclic amines) is 1. The number of rotatable bonds is 6. The first-order chi connectivity index (χ1) is 10.1. The van der Waals surface area contributed by atoms with Gasteiger partial charge in [-0.2, -0.15) is 0 Å². The number of piperidine rings is 1. The van der Waals surface area contributed by atoms with E-state index in [0.717, 1.165) is 37.2 Å². The minimum absolute atomic E-state index is 0.133. The Balaban J connectivity index is 1.79. The number of hydrogen-bond acceptors (Lipinski definition) is 2. The van der Waals surface area contributed by atoms with Gasteiger partial charge in [0.05, 0.1) is 0 Å². The molecule has 1 saturated heterocycles. The molecular weight excluding hydrogens is 272 g/mol. The smallest absolute Gasteiger partial charge is 0.164 e. The standard InChI is InChI=1S/C17H23F2NO/c1-2-3-13-4-7-20(8-5-13)9-6-17(21)14-10-15(18)12-16(19)11-14/h10-13H,2-9H2,1H3. The molecule has 2 nitrogen and oxygen atoms in total. The number of hydrogen-bond donors (Lipinski definition) is 0. The highest BCUT2D eigenvalue weighted by molar-refractivity contribution is 5.96. The summed E-state index contributed by atoms with van der Waals surface area (Å²) >= 11 is 0. The van der Waals surface area contributed by atoms with Crippen LogP contribution in [0.4, 0.5) is 8.78 Å². The van der Waals surface area contributed by atoms with Crippen molar-refractivity contribution in [2.75, 3.05) is 19.6 Å². The van der Waals surface area contributed by atoms with Crippen LogP contribution in [0.2, 0.25) is 0 Å². The van der Waals surface area contributed by atoms with Gasteiger partial charge in [0.15, 0.2) is 5.78 Å². The normalized spacial score (nSPS) is 17.1. The topological polar surface area (TPSA) is 20.3 Å². The van der Waals surface area contributed by atoms with Crippen molar-refractivity contribution in [1.29, 1.82) is 0 Å². The first-order valence-electron chi connectivity index (χ1n) is 7.80. The maximum Gasteiger partial charge on any atom is 0.164 e. The Kier molecular flexibility index (Phi) is 5.85. The number of ketones is 1. The summed E-state index contributed by atoms with van der Waals surface area (Å²) in [5.74, 6) is -0.763. The van der Waals surface area contributed by atoms with Crippen molar-refractivity contribution in [2.24, 2.45) is 5.92 Å².